The number of hydrogen-bond acceptors (Lipinski definition) is 2. The highest BCUT2D eigenvalue weighted by Gasteiger charge is 2.33. The van der Waals surface area contributed by atoms with Crippen LogP contribution in [-0.4, -0.2) is 5.78 Å². The second-order valence-corrected chi connectivity index (χ2v) is 8.77. The molecule has 2 atom stereocenters. The lowest BCUT2D eigenvalue weighted by atomic mass is 9.84. The maximum absolute atomic E-state index is 13.6. The van der Waals surface area contributed by atoms with Gasteiger partial charge in [0.1, 0.15) is 12.4 Å². The quantitative estimate of drug-likeness (QED) is 0.462. The highest BCUT2D eigenvalue weighted by atomic mass is 16.5. The minimum atomic E-state index is -0.0953. The number of carbonyl (C=O) groups excluding carboxylic acids is 1. The highest BCUT2D eigenvalue weighted by Crippen LogP contribution is 2.39. The molecule has 0 aliphatic heterocycles. The van der Waals surface area contributed by atoms with Crippen LogP contribution in [0.2, 0.25) is 0 Å². The lowest BCUT2D eigenvalue weighted by molar-refractivity contribution is -0.119. The molecule has 4 rings (SSSR count). The maximum Gasteiger partial charge on any atom is 0.166 e. The zero-order valence-electron chi connectivity index (χ0n) is 18.8. The van der Waals surface area contributed by atoms with E-state index in [0.29, 0.717) is 13.0 Å². The van der Waals surface area contributed by atoms with Gasteiger partial charge in [0.15, 0.2) is 5.78 Å². The number of carbonyl (C=O) groups is 1. The summed E-state index contributed by atoms with van der Waals surface area (Å²) in [6, 6.07) is 25.1. The Hall–Kier alpha value is -3.13. The van der Waals surface area contributed by atoms with E-state index >= 15 is 0 Å². The van der Waals surface area contributed by atoms with Crippen molar-refractivity contribution in [3.05, 3.63) is 112 Å². The van der Waals surface area contributed by atoms with Crippen LogP contribution < -0.4 is 0 Å². The lowest BCUT2D eigenvalue weighted by Gasteiger charge is -2.18. The molecule has 1 aliphatic carbocycles. The Bertz CT molecular complexity index is 1100. The largest absolute Gasteiger partial charge is 0.488 e. The number of ketones is 1. The molecular formula is C29H30O2. The molecule has 1 aliphatic rings. The summed E-state index contributed by atoms with van der Waals surface area (Å²) in [5.41, 5.74) is 7.67. The number of Topliss-reactive ketones (excluding diaryl/α,β-unsaturated/α-hetero) is 1. The Morgan fingerprint density at radius 1 is 0.742 bits per heavy atom. The summed E-state index contributed by atoms with van der Waals surface area (Å²) in [5, 5.41) is 0. The third-order valence-electron chi connectivity index (χ3n) is 6.44. The van der Waals surface area contributed by atoms with Crippen molar-refractivity contribution >= 4 is 11.5 Å². The van der Waals surface area contributed by atoms with Crippen molar-refractivity contribution in [2.24, 2.45) is 5.92 Å². The first-order chi connectivity index (χ1) is 14.9. The van der Waals surface area contributed by atoms with Gasteiger partial charge in [-0.05, 0) is 36.5 Å². The van der Waals surface area contributed by atoms with Crippen molar-refractivity contribution in [3.63, 3.8) is 0 Å². The molecule has 2 heteroatoms. The molecule has 3 aromatic carbocycles. The van der Waals surface area contributed by atoms with E-state index in [2.05, 4.69) is 87.5 Å². The SMILES string of the molecule is Cc1ccc(COC2=C(Cc3ccc(C)cc3)C(=O)[C@@H](C)C(C)c3ccccc32)cc1. The van der Waals surface area contributed by atoms with E-state index < -0.39 is 0 Å². The Balaban J connectivity index is 1.80. The van der Waals surface area contributed by atoms with Crippen LogP contribution in [0.1, 0.15) is 53.1 Å². The smallest absolute Gasteiger partial charge is 0.166 e. The maximum atomic E-state index is 13.6. The van der Waals surface area contributed by atoms with Gasteiger partial charge >= 0.3 is 0 Å². The molecule has 0 saturated heterocycles. The van der Waals surface area contributed by atoms with E-state index in [0.717, 1.165) is 28.0 Å². The van der Waals surface area contributed by atoms with E-state index in [4.69, 9.17) is 4.74 Å². The van der Waals surface area contributed by atoms with Crippen LogP contribution in [0.25, 0.3) is 5.76 Å². The summed E-state index contributed by atoms with van der Waals surface area (Å²) in [6.45, 7) is 8.79. The highest BCUT2D eigenvalue weighted by molar-refractivity contribution is 6.05. The molecule has 3 aromatic rings. The third-order valence-corrected chi connectivity index (χ3v) is 6.44. The van der Waals surface area contributed by atoms with Gasteiger partial charge in [0.05, 0.1) is 0 Å². The van der Waals surface area contributed by atoms with Gasteiger partial charge in [-0.1, -0.05) is 97.8 Å². The fourth-order valence-electron chi connectivity index (χ4n) is 4.23. The lowest BCUT2D eigenvalue weighted by Crippen LogP contribution is -2.19. The molecule has 0 heterocycles. The second kappa shape index (κ2) is 8.93. The molecule has 0 radical (unpaired) electrons. The second-order valence-electron chi connectivity index (χ2n) is 8.77. The van der Waals surface area contributed by atoms with E-state index in [9.17, 15) is 4.79 Å². The monoisotopic (exact) mass is 410 g/mol. The number of benzene rings is 3. The van der Waals surface area contributed by atoms with E-state index in [1.165, 1.54) is 16.7 Å². The first-order valence-electron chi connectivity index (χ1n) is 11.0. The number of hydrogen-bond donors (Lipinski definition) is 0. The summed E-state index contributed by atoms with van der Waals surface area (Å²) in [7, 11) is 0. The van der Waals surface area contributed by atoms with Gasteiger partial charge in [-0.3, -0.25) is 4.79 Å². The van der Waals surface area contributed by atoms with Crippen molar-refractivity contribution in [1.82, 2.24) is 0 Å². The van der Waals surface area contributed by atoms with Gasteiger partial charge in [-0.2, -0.15) is 0 Å². The first-order valence-corrected chi connectivity index (χ1v) is 11.0. The van der Waals surface area contributed by atoms with Crippen molar-refractivity contribution in [2.75, 3.05) is 0 Å². The van der Waals surface area contributed by atoms with Crippen LogP contribution in [0.15, 0.2) is 78.4 Å². The van der Waals surface area contributed by atoms with Crippen molar-refractivity contribution in [1.29, 1.82) is 0 Å². The summed E-state index contributed by atoms with van der Waals surface area (Å²) in [4.78, 5) is 13.6. The van der Waals surface area contributed by atoms with Crippen LogP contribution >= 0.6 is 0 Å². The molecule has 0 fully saturated rings. The van der Waals surface area contributed by atoms with Gasteiger partial charge < -0.3 is 4.74 Å². The molecule has 158 valence electrons. The predicted octanol–water partition coefficient (Wildman–Crippen LogP) is 6.80. The van der Waals surface area contributed by atoms with Crippen LogP contribution in [0, 0.1) is 19.8 Å². The number of fused-ring (bicyclic) bond motifs is 1. The molecular weight excluding hydrogens is 380 g/mol. The topological polar surface area (TPSA) is 26.3 Å². The van der Waals surface area contributed by atoms with Crippen molar-refractivity contribution in [2.45, 2.75) is 46.6 Å². The van der Waals surface area contributed by atoms with Crippen LogP contribution in [0.5, 0.6) is 0 Å². The molecule has 0 aromatic heterocycles. The molecule has 0 spiro atoms. The molecule has 0 saturated carbocycles. The molecule has 0 amide bonds. The Kier molecular flexibility index (Phi) is 6.08. The average Bonchev–Trinajstić information content (AvgIpc) is 2.85. The molecule has 0 bridgehead atoms. The predicted molar refractivity (Wildman–Crippen MR) is 127 cm³/mol. The molecule has 1 unspecified atom stereocenters. The van der Waals surface area contributed by atoms with Gasteiger partial charge in [-0.15, -0.1) is 0 Å². The Morgan fingerprint density at radius 3 is 1.97 bits per heavy atom. The average molecular weight is 411 g/mol. The standard InChI is InChI=1S/C29H30O2/c1-19-9-13-23(14-10-19)17-27-28(30)22(4)21(3)25-7-5-6-8-26(25)29(27)31-18-24-15-11-20(2)12-16-24/h5-16,21-22H,17-18H2,1-4H3/t21?,22-/m0/s1. The van der Waals surface area contributed by atoms with E-state index in [1.807, 2.05) is 13.0 Å². The zero-order chi connectivity index (χ0) is 22.0. The van der Waals surface area contributed by atoms with Crippen LogP contribution in [0.4, 0.5) is 0 Å². The number of rotatable bonds is 5. The fraction of sp³-hybridized carbons (Fsp3) is 0.276. The van der Waals surface area contributed by atoms with Gasteiger partial charge in [0, 0.05) is 23.5 Å². The fourth-order valence-corrected chi connectivity index (χ4v) is 4.23. The Labute approximate surface area is 185 Å². The normalized spacial score (nSPS) is 18.5. The van der Waals surface area contributed by atoms with E-state index in [-0.39, 0.29) is 17.6 Å². The summed E-state index contributed by atoms with van der Waals surface area (Å²) < 4.78 is 6.45. The summed E-state index contributed by atoms with van der Waals surface area (Å²) in [6.07, 6.45) is 0.577. The number of aryl methyl sites for hydroxylation is 2. The van der Waals surface area contributed by atoms with Crippen LogP contribution in [-0.2, 0) is 22.6 Å². The molecule has 2 nitrogen and oxygen atoms in total. The van der Waals surface area contributed by atoms with Crippen LogP contribution in [0.3, 0.4) is 0 Å². The Morgan fingerprint density at radius 2 is 1.32 bits per heavy atom. The number of ether oxygens (including phenoxy) is 1. The van der Waals surface area contributed by atoms with E-state index in [1.54, 1.807) is 0 Å². The molecule has 31 heavy (non-hydrogen) atoms. The minimum absolute atomic E-state index is 0.0953. The van der Waals surface area contributed by atoms with Crippen molar-refractivity contribution < 1.29 is 9.53 Å². The van der Waals surface area contributed by atoms with Crippen molar-refractivity contribution in [3.8, 4) is 0 Å². The first kappa shape index (κ1) is 21.1. The van der Waals surface area contributed by atoms with Gasteiger partial charge in [0.2, 0.25) is 0 Å². The van der Waals surface area contributed by atoms with Gasteiger partial charge in [-0.25, -0.2) is 0 Å². The van der Waals surface area contributed by atoms with Gasteiger partial charge in [0.25, 0.3) is 0 Å². The minimum Gasteiger partial charge on any atom is -0.488 e. The number of allylic oxidation sites excluding steroid dienone is 1. The summed E-state index contributed by atoms with van der Waals surface area (Å²) in [5.74, 6) is 0.959. The molecule has 0 N–H and O–H groups in total. The summed E-state index contributed by atoms with van der Waals surface area (Å²) >= 11 is 0. The third kappa shape index (κ3) is 4.49. The zero-order valence-corrected chi connectivity index (χ0v) is 18.8.